The van der Waals surface area contributed by atoms with Crippen molar-refractivity contribution < 1.29 is 18.7 Å². The number of oxazole rings is 1. The molecule has 134 valence electrons. The summed E-state index contributed by atoms with van der Waals surface area (Å²) in [5.74, 6) is 0.910. The predicted octanol–water partition coefficient (Wildman–Crippen LogP) is 4.66. The van der Waals surface area contributed by atoms with E-state index in [1.807, 2.05) is 0 Å². The van der Waals surface area contributed by atoms with Crippen LogP contribution in [0.15, 0.2) is 10.7 Å². The Bertz CT molecular complexity index is 531. The third-order valence-corrected chi connectivity index (χ3v) is 4.78. The third-order valence-electron chi connectivity index (χ3n) is 4.78. The van der Waals surface area contributed by atoms with E-state index in [4.69, 9.17) is 9.15 Å². The van der Waals surface area contributed by atoms with Gasteiger partial charge in [0, 0.05) is 12.3 Å². The van der Waals surface area contributed by atoms with Crippen LogP contribution in [0.4, 0.5) is 0 Å². The first-order valence-electron chi connectivity index (χ1n) is 9.22. The predicted molar refractivity (Wildman–Crippen MR) is 90.9 cm³/mol. The van der Waals surface area contributed by atoms with Crippen LogP contribution in [-0.2, 0) is 9.53 Å². The zero-order valence-electron chi connectivity index (χ0n) is 14.9. The van der Waals surface area contributed by atoms with Gasteiger partial charge in [-0.25, -0.2) is 9.78 Å². The summed E-state index contributed by atoms with van der Waals surface area (Å²) in [6.45, 7) is 3.64. The quantitative estimate of drug-likeness (QED) is 0.614. The van der Waals surface area contributed by atoms with Gasteiger partial charge in [0.1, 0.15) is 12.0 Å². The van der Waals surface area contributed by atoms with Crippen LogP contribution in [0.1, 0.15) is 93.9 Å². The third kappa shape index (κ3) is 5.77. The Labute approximate surface area is 144 Å². The van der Waals surface area contributed by atoms with E-state index in [0.717, 1.165) is 18.8 Å². The van der Waals surface area contributed by atoms with Gasteiger partial charge < -0.3 is 13.9 Å². The van der Waals surface area contributed by atoms with E-state index in [0.29, 0.717) is 18.9 Å². The normalized spacial score (nSPS) is 16.8. The fourth-order valence-corrected chi connectivity index (χ4v) is 3.56. The minimum atomic E-state index is -0.476. The minimum Gasteiger partial charge on any atom is -0.461 e. The number of ether oxygens (including phenoxy) is 1. The highest BCUT2D eigenvalue weighted by atomic mass is 16.5. The molecule has 1 atom stereocenters. The van der Waals surface area contributed by atoms with E-state index in [-0.39, 0.29) is 17.4 Å². The number of esters is 1. The monoisotopic (exact) mass is 335 g/mol. The standard InChI is InChI=1S/C19H29NO4/c1-3-23-19(22)17-13-24-18(20-17)16(12-14(2)21)11-7-10-15-8-5-4-6-9-15/h13,15-16H,3-12H2,1-2H3. The van der Waals surface area contributed by atoms with Gasteiger partial charge in [-0.05, 0) is 26.2 Å². The van der Waals surface area contributed by atoms with E-state index < -0.39 is 5.97 Å². The number of aromatic nitrogens is 1. The fourth-order valence-electron chi connectivity index (χ4n) is 3.56. The van der Waals surface area contributed by atoms with Crippen molar-refractivity contribution in [3.05, 3.63) is 17.8 Å². The van der Waals surface area contributed by atoms with Crippen LogP contribution < -0.4 is 0 Å². The van der Waals surface area contributed by atoms with Crippen molar-refractivity contribution in [2.24, 2.45) is 5.92 Å². The number of carbonyl (C=O) groups excluding carboxylic acids is 2. The van der Waals surface area contributed by atoms with E-state index >= 15 is 0 Å². The summed E-state index contributed by atoms with van der Waals surface area (Å²) in [6.07, 6.45) is 11.6. The summed E-state index contributed by atoms with van der Waals surface area (Å²) < 4.78 is 10.4. The van der Waals surface area contributed by atoms with E-state index in [2.05, 4.69) is 4.98 Å². The molecule has 1 aromatic heterocycles. The van der Waals surface area contributed by atoms with Gasteiger partial charge in [-0.2, -0.15) is 0 Å². The van der Waals surface area contributed by atoms with Crippen LogP contribution in [0.3, 0.4) is 0 Å². The largest absolute Gasteiger partial charge is 0.461 e. The van der Waals surface area contributed by atoms with Crippen molar-refractivity contribution in [1.82, 2.24) is 4.98 Å². The van der Waals surface area contributed by atoms with Crippen molar-refractivity contribution in [3.63, 3.8) is 0 Å². The number of hydrogen-bond acceptors (Lipinski definition) is 5. The number of carbonyl (C=O) groups is 2. The molecule has 24 heavy (non-hydrogen) atoms. The molecule has 2 rings (SSSR count). The minimum absolute atomic E-state index is 0.0470. The molecule has 1 heterocycles. The molecule has 0 radical (unpaired) electrons. The lowest BCUT2D eigenvalue weighted by molar-refractivity contribution is -0.117. The van der Waals surface area contributed by atoms with Gasteiger partial charge in [-0.1, -0.05) is 44.9 Å². The molecule has 1 fully saturated rings. The summed E-state index contributed by atoms with van der Waals surface area (Å²) in [5, 5.41) is 0. The molecule has 0 spiro atoms. The average Bonchev–Trinajstić information content (AvgIpc) is 3.05. The Kier molecular flexibility index (Phi) is 7.47. The highest BCUT2D eigenvalue weighted by Crippen LogP contribution is 2.31. The second kappa shape index (κ2) is 9.60. The number of nitrogens with zero attached hydrogens (tertiary/aromatic N) is 1. The zero-order chi connectivity index (χ0) is 17.4. The summed E-state index contributed by atoms with van der Waals surface area (Å²) >= 11 is 0. The molecule has 0 amide bonds. The Balaban J connectivity index is 1.91. The maximum absolute atomic E-state index is 11.7. The lowest BCUT2D eigenvalue weighted by Gasteiger charge is -2.22. The Morgan fingerprint density at radius 2 is 2.08 bits per heavy atom. The van der Waals surface area contributed by atoms with Gasteiger partial charge in [0.05, 0.1) is 6.61 Å². The topological polar surface area (TPSA) is 69.4 Å². The molecular formula is C19H29NO4. The molecule has 1 saturated carbocycles. The first kappa shape index (κ1) is 18.7. The Hall–Kier alpha value is -1.65. The molecule has 5 heteroatoms. The molecule has 0 bridgehead atoms. The van der Waals surface area contributed by atoms with Gasteiger partial charge in [-0.3, -0.25) is 0 Å². The number of hydrogen-bond donors (Lipinski definition) is 0. The summed E-state index contributed by atoms with van der Waals surface area (Å²) in [4.78, 5) is 27.5. The van der Waals surface area contributed by atoms with Crippen molar-refractivity contribution in [2.75, 3.05) is 6.61 Å². The molecule has 0 aromatic carbocycles. The lowest BCUT2D eigenvalue weighted by Crippen LogP contribution is -2.10. The van der Waals surface area contributed by atoms with Gasteiger partial charge in [0.2, 0.25) is 0 Å². The summed E-state index contributed by atoms with van der Waals surface area (Å²) in [6, 6.07) is 0. The van der Waals surface area contributed by atoms with E-state index in [9.17, 15) is 9.59 Å². The Morgan fingerprint density at radius 1 is 1.33 bits per heavy atom. The summed E-state index contributed by atoms with van der Waals surface area (Å²) in [5.41, 5.74) is 0.188. The maximum Gasteiger partial charge on any atom is 0.360 e. The maximum atomic E-state index is 11.7. The van der Waals surface area contributed by atoms with Crippen LogP contribution in [0.2, 0.25) is 0 Å². The van der Waals surface area contributed by atoms with Gasteiger partial charge in [-0.15, -0.1) is 0 Å². The number of rotatable bonds is 9. The van der Waals surface area contributed by atoms with E-state index in [1.165, 1.54) is 44.8 Å². The van der Waals surface area contributed by atoms with Gasteiger partial charge in [0.15, 0.2) is 11.6 Å². The van der Waals surface area contributed by atoms with Crippen molar-refractivity contribution in [3.8, 4) is 0 Å². The van der Waals surface area contributed by atoms with Gasteiger partial charge >= 0.3 is 5.97 Å². The highest BCUT2D eigenvalue weighted by molar-refractivity contribution is 5.86. The summed E-state index contributed by atoms with van der Waals surface area (Å²) in [7, 11) is 0. The van der Waals surface area contributed by atoms with Crippen molar-refractivity contribution >= 4 is 11.8 Å². The molecule has 0 saturated heterocycles. The van der Waals surface area contributed by atoms with Crippen LogP contribution in [0.5, 0.6) is 0 Å². The SMILES string of the molecule is CCOC(=O)c1coc(C(CCCC2CCCCC2)CC(C)=O)n1. The molecule has 1 aromatic rings. The van der Waals surface area contributed by atoms with Gasteiger partial charge in [0.25, 0.3) is 0 Å². The molecule has 5 nitrogen and oxygen atoms in total. The molecule has 1 unspecified atom stereocenters. The van der Waals surface area contributed by atoms with Crippen LogP contribution in [0, 0.1) is 5.92 Å². The van der Waals surface area contributed by atoms with Crippen LogP contribution in [-0.4, -0.2) is 23.3 Å². The molecule has 0 N–H and O–H groups in total. The molecule has 1 aliphatic carbocycles. The molecular weight excluding hydrogens is 306 g/mol. The second-order valence-corrected chi connectivity index (χ2v) is 6.83. The molecule has 0 aliphatic heterocycles. The highest BCUT2D eigenvalue weighted by Gasteiger charge is 2.23. The zero-order valence-corrected chi connectivity index (χ0v) is 14.9. The Morgan fingerprint density at radius 3 is 2.75 bits per heavy atom. The first-order valence-corrected chi connectivity index (χ1v) is 9.22. The molecule has 1 aliphatic rings. The van der Waals surface area contributed by atoms with Crippen molar-refractivity contribution in [2.45, 2.75) is 77.6 Å². The second-order valence-electron chi connectivity index (χ2n) is 6.83. The van der Waals surface area contributed by atoms with Crippen molar-refractivity contribution in [1.29, 1.82) is 0 Å². The smallest absolute Gasteiger partial charge is 0.360 e. The van der Waals surface area contributed by atoms with Crippen LogP contribution >= 0.6 is 0 Å². The number of Topliss-reactive ketones (excluding diaryl/α,β-unsaturated/α-hetero) is 1. The lowest BCUT2D eigenvalue weighted by atomic mass is 9.84. The first-order chi connectivity index (χ1) is 11.6. The van der Waals surface area contributed by atoms with Crippen LogP contribution in [0.25, 0.3) is 0 Å². The average molecular weight is 335 g/mol. The number of ketones is 1. The fraction of sp³-hybridized carbons (Fsp3) is 0.737. The van der Waals surface area contributed by atoms with E-state index in [1.54, 1.807) is 13.8 Å².